The first-order valence-electron chi connectivity index (χ1n) is 6.21. The Morgan fingerprint density at radius 3 is 1.88 bits per heavy atom. The van der Waals surface area contributed by atoms with E-state index in [9.17, 15) is 0 Å². The van der Waals surface area contributed by atoms with E-state index in [1.165, 1.54) is 0 Å². The van der Waals surface area contributed by atoms with Gasteiger partial charge in [-0.1, -0.05) is 27.7 Å². The van der Waals surface area contributed by atoms with Gasteiger partial charge in [0.15, 0.2) is 5.96 Å². The molecule has 0 aromatic rings. The Kier molecular flexibility index (Phi) is 5.84. The maximum atomic E-state index is 5.85. The van der Waals surface area contributed by atoms with Crippen LogP contribution in [0.25, 0.3) is 0 Å². The lowest BCUT2D eigenvalue weighted by molar-refractivity contribution is 0.297. The van der Waals surface area contributed by atoms with Crippen LogP contribution in [0.2, 0.25) is 0 Å². The molecule has 0 saturated carbocycles. The summed E-state index contributed by atoms with van der Waals surface area (Å²) in [5.41, 5.74) is 5.83. The van der Waals surface area contributed by atoms with Crippen LogP contribution in [0, 0.1) is 17.8 Å². The average molecular weight is 227 g/mol. The zero-order valence-corrected chi connectivity index (χ0v) is 12.0. The van der Waals surface area contributed by atoms with Crippen molar-refractivity contribution in [2.24, 2.45) is 28.5 Å². The van der Waals surface area contributed by atoms with Gasteiger partial charge < -0.3 is 11.1 Å². The lowest BCUT2D eigenvalue weighted by Crippen LogP contribution is -2.45. The van der Waals surface area contributed by atoms with Gasteiger partial charge in [0.2, 0.25) is 0 Å². The van der Waals surface area contributed by atoms with Gasteiger partial charge in [-0.05, 0) is 38.5 Å². The van der Waals surface area contributed by atoms with E-state index in [4.69, 9.17) is 5.73 Å². The minimum Gasteiger partial charge on any atom is -0.370 e. The standard InChI is InChI=1S/C13H29N3/c1-9(2)11(10(3)4)8-15-12(14)16-13(5,6)7/h9-11H,8H2,1-7H3,(H3,14,15,16). The van der Waals surface area contributed by atoms with Gasteiger partial charge in [0.05, 0.1) is 0 Å². The van der Waals surface area contributed by atoms with Gasteiger partial charge in [-0.2, -0.15) is 0 Å². The number of rotatable bonds is 4. The molecule has 0 aromatic heterocycles. The van der Waals surface area contributed by atoms with Gasteiger partial charge in [-0.25, -0.2) is 0 Å². The highest BCUT2D eigenvalue weighted by atomic mass is 15.1. The lowest BCUT2D eigenvalue weighted by atomic mass is 9.86. The Balaban J connectivity index is 4.33. The second-order valence-corrected chi connectivity index (χ2v) is 6.25. The summed E-state index contributed by atoms with van der Waals surface area (Å²) in [7, 11) is 0. The van der Waals surface area contributed by atoms with Crippen LogP contribution in [-0.4, -0.2) is 18.0 Å². The Labute approximate surface area is 101 Å². The maximum absolute atomic E-state index is 5.85. The van der Waals surface area contributed by atoms with Crippen LogP contribution in [0.15, 0.2) is 4.99 Å². The summed E-state index contributed by atoms with van der Waals surface area (Å²) in [4.78, 5) is 4.44. The molecular formula is C13H29N3. The fourth-order valence-electron chi connectivity index (χ4n) is 1.82. The molecule has 16 heavy (non-hydrogen) atoms. The van der Waals surface area contributed by atoms with Crippen molar-refractivity contribution in [2.45, 2.75) is 54.0 Å². The van der Waals surface area contributed by atoms with Crippen LogP contribution < -0.4 is 11.1 Å². The summed E-state index contributed by atoms with van der Waals surface area (Å²) in [6, 6.07) is 0. The van der Waals surface area contributed by atoms with E-state index >= 15 is 0 Å². The highest BCUT2D eigenvalue weighted by Crippen LogP contribution is 2.20. The van der Waals surface area contributed by atoms with Crippen molar-refractivity contribution >= 4 is 5.96 Å². The molecule has 0 unspecified atom stereocenters. The number of nitrogens with two attached hydrogens (primary N) is 1. The first kappa shape index (κ1) is 15.3. The molecule has 0 rings (SSSR count). The van der Waals surface area contributed by atoms with Crippen LogP contribution in [0.4, 0.5) is 0 Å². The Bertz CT molecular complexity index is 216. The Morgan fingerprint density at radius 1 is 1.12 bits per heavy atom. The molecule has 0 aliphatic heterocycles. The third kappa shape index (κ3) is 6.70. The zero-order chi connectivity index (χ0) is 12.9. The van der Waals surface area contributed by atoms with Gasteiger partial charge in [0.1, 0.15) is 0 Å². The molecule has 0 heterocycles. The molecule has 0 radical (unpaired) electrons. The second-order valence-electron chi connectivity index (χ2n) is 6.25. The number of nitrogens with zero attached hydrogens (tertiary/aromatic N) is 1. The van der Waals surface area contributed by atoms with Crippen LogP contribution in [0.5, 0.6) is 0 Å². The van der Waals surface area contributed by atoms with E-state index in [2.05, 4.69) is 58.8 Å². The topological polar surface area (TPSA) is 50.4 Å². The highest BCUT2D eigenvalue weighted by Gasteiger charge is 2.17. The van der Waals surface area contributed by atoms with Gasteiger partial charge in [0, 0.05) is 12.1 Å². The Hall–Kier alpha value is -0.730. The largest absolute Gasteiger partial charge is 0.370 e. The quantitative estimate of drug-likeness (QED) is 0.573. The van der Waals surface area contributed by atoms with Crippen LogP contribution >= 0.6 is 0 Å². The van der Waals surface area contributed by atoms with Crippen LogP contribution in [0.3, 0.4) is 0 Å². The van der Waals surface area contributed by atoms with Crippen molar-refractivity contribution in [3.63, 3.8) is 0 Å². The predicted octanol–water partition coefficient (Wildman–Crippen LogP) is 2.62. The normalized spacial score (nSPS) is 14.0. The number of guanidine groups is 1. The first-order valence-corrected chi connectivity index (χ1v) is 6.21. The van der Waals surface area contributed by atoms with Crippen LogP contribution in [-0.2, 0) is 0 Å². The van der Waals surface area contributed by atoms with Gasteiger partial charge in [0.25, 0.3) is 0 Å². The van der Waals surface area contributed by atoms with Crippen molar-refractivity contribution in [2.75, 3.05) is 6.54 Å². The molecule has 0 spiro atoms. The van der Waals surface area contributed by atoms with E-state index in [1.54, 1.807) is 0 Å². The summed E-state index contributed by atoms with van der Waals surface area (Å²) < 4.78 is 0. The third-order valence-electron chi connectivity index (χ3n) is 2.69. The molecule has 0 atom stereocenters. The minimum atomic E-state index is -0.0151. The molecule has 0 saturated heterocycles. The summed E-state index contributed by atoms with van der Waals surface area (Å²) >= 11 is 0. The van der Waals surface area contributed by atoms with E-state index in [1.807, 2.05) is 0 Å². The fraction of sp³-hybridized carbons (Fsp3) is 0.923. The fourth-order valence-corrected chi connectivity index (χ4v) is 1.82. The summed E-state index contributed by atoms with van der Waals surface area (Å²) in [6.07, 6.45) is 0. The monoisotopic (exact) mass is 227 g/mol. The molecule has 0 aliphatic rings. The van der Waals surface area contributed by atoms with Gasteiger partial charge in [-0.3, -0.25) is 4.99 Å². The van der Waals surface area contributed by atoms with E-state index in [-0.39, 0.29) is 5.54 Å². The molecule has 96 valence electrons. The number of hydrogen-bond donors (Lipinski definition) is 2. The summed E-state index contributed by atoms with van der Waals surface area (Å²) in [5.74, 6) is 2.44. The van der Waals surface area contributed by atoms with E-state index in [0.717, 1.165) is 6.54 Å². The molecule has 0 aromatic carbocycles. The van der Waals surface area contributed by atoms with Gasteiger partial charge >= 0.3 is 0 Å². The number of hydrogen-bond acceptors (Lipinski definition) is 1. The molecule has 0 fully saturated rings. The molecule has 3 N–H and O–H groups in total. The number of aliphatic imine (C=N–C) groups is 1. The van der Waals surface area contributed by atoms with Gasteiger partial charge in [-0.15, -0.1) is 0 Å². The number of nitrogens with one attached hydrogen (secondary N) is 1. The average Bonchev–Trinajstić information content (AvgIpc) is 1.98. The summed E-state index contributed by atoms with van der Waals surface area (Å²) in [6.45, 7) is 16.0. The SMILES string of the molecule is CC(C)C(CN=C(N)NC(C)(C)C)C(C)C. The van der Waals surface area contributed by atoms with Crippen LogP contribution in [0.1, 0.15) is 48.5 Å². The molecule has 3 nitrogen and oxygen atoms in total. The molecule has 0 aliphatic carbocycles. The van der Waals surface area contributed by atoms with Crippen molar-refractivity contribution < 1.29 is 0 Å². The van der Waals surface area contributed by atoms with E-state index < -0.39 is 0 Å². The maximum Gasteiger partial charge on any atom is 0.188 e. The van der Waals surface area contributed by atoms with Crippen molar-refractivity contribution in [1.82, 2.24) is 5.32 Å². The second kappa shape index (κ2) is 6.12. The Morgan fingerprint density at radius 2 is 1.56 bits per heavy atom. The molecule has 3 heteroatoms. The van der Waals surface area contributed by atoms with Crippen molar-refractivity contribution in [3.05, 3.63) is 0 Å². The van der Waals surface area contributed by atoms with Crippen molar-refractivity contribution in [3.8, 4) is 0 Å². The molecular weight excluding hydrogens is 198 g/mol. The van der Waals surface area contributed by atoms with Crippen molar-refractivity contribution in [1.29, 1.82) is 0 Å². The highest BCUT2D eigenvalue weighted by molar-refractivity contribution is 5.78. The summed E-state index contributed by atoms with van der Waals surface area (Å²) in [5, 5.41) is 3.18. The van der Waals surface area contributed by atoms with E-state index in [0.29, 0.717) is 23.7 Å². The molecule has 0 bridgehead atoms. The lowest BCUT2D eigenvalue weighted by Gasteiger charge is -2.24. The third-order valence-corrected chi connectivity index (χ3v) is 2.69. The molecule has 0 amide bonds. The first-order chi connectivity index (χ1) is 7.13. The zero-order valence-electron chi connectivity index (χ0n) is 12.0. The minimum absolute atomic E-state index is 0.0151. The predicted molar refractivity (Wildman–Crippen MR) is 72.5 cm³/mol. The smallest absolute Gasteiger partial charge is 0.188 e.